The number of methoxy groups -OCH3 is 1. The van der Waals surface area contributed by atoms with Crippen molar-refractivity contribution in [1.82, 2.24) is 4.98 Å². The van der Waals surface area contributed by atoms with Crippen LogP contribution in [0.1, 0.15) is 16.4 Å². The van der Waals surface area contributed by atoms with E-state index in [1.54, 1.807) is 43.5 Å². The van der Waals surface area contributed by atoms with Crippen LogP contribution in [0.15, 0.2) is 101 Å². The van der Waals surface area contributed by atoms with Crippen LogP contribution in [0.4, 0.5) is 11.4 Å². The number of H-pyrrole nitrogens is 1. The van der Waals surface area contributed by atoms with Crippen molar-refractivity contribution in [3.63, 3.8) is 0 Å². The van der Waals surface area contributed by atoms with Gasteiger partial charge in [0.25, 0.3) is 5.91 Å². The van der Waals surface area contributed by atoms with Crippen molar-refractivity contribution in [2.45, 2.75) is 16.2 Å². The number of thiazole rings is 1. The second kappa shape index (κ2) is 11.3. The number of thioether (sulfide) groups is 1. The van der Waals surface area contributed by atoms with Gasteiger partial charge in [-0.15, -0.1) is 0 Å². The molecular formula is C33H25N3O6S2. The van der Waals surface area contributed by atoms with E-state index in [1.165, 1.54) is 16.7 Å². The molecule has 3 unspecified atom stereocenters. The van der Waals surface area contributed by atoms with Crippen molar-refractivity contribution in [1.29, 1.82) is 0 Å². The first kappa shape index (κ1) is 27.9. The number of fused-ring (bicyclic) bond motifs is 3. The zero-order chi connectivity index (χ0) is 30.4. The van der Waals surface area contributed by atoms with Gasteiger partial charge < -0.3 is 19.8 Å². The van der Waals surface area contributed by atoms with E-state index in [-0.39, 0.29) is 29.2 Å². The summed E-state index contributed by atoms with van der Waals surface area (Å²) in [6.07, 6.45) is 0. The fraction of sp³-hybridized carbons (Fsp3) is 0.152. The van der Waals surface area contributed by atoms with Crippen LogP contribution in [0, 0.1) is 5.92 Å². The molecule has 7 rings (SSSR count). The van der Waals surface area contributed by atoms with E-state index in [9.17, 15) is 19.2 Å². The molecule has 9 nitrogen and oxygen atoms in total. The maximum absolute atomic E-state index is 13.9. The topological polar surface area (TPSA) is 118 Å². The van der Waals surface area contributed by atoms with Gasteiger partial charge in [-0.3, -0.25) is 19.2 Å². The van der Waals surface area contributed by atoms with Crippen LogP contribution in [0.2, 0.25) is 0 Å². The highest BCUT2D eigenvalue weighted by Crippen LogP contribution is 2.53. The summed E-state index contributed by atoms with van der Waals surface area (Å²) in [6, 6.07) is 27.4. The molecule has 44 heavy (non-hydrogen) atoms. The minimum Gasteiger partial charge on any atom is -0.497 e. The molecule has 0 spiro atoms. The van der Waals surface area contributed by atoms with Crippen LogP contribution >= 0.6 is 23.1 Å². The van der Waals surface area contributed by atoms with Gasteiger partial charge >= 0.3 is 4.87 Å². The Morgan fingerprint density at radius 3 is 2.39 bits per heavy atom. The van der Waals surface area contributed by atoms with Crippen LogP contribution in [-0.4, -0.2) is 41.7 Å². The molecule has 1 aromatic heterocycles. The number of carbonyl (C=O) groups excluding carboxylic acids is 3. The van der Waals surface area contributed by atoms with Gasteiger partial charge in [0.15, 0.2) is 6.61 Å². The molecule has 1 fully saturated rings. The first-order valence-corrected chi connectivity index (χ1v) is 15.5. The Balaban J connectivity index is 1.11. The van der Waals surface area contributed by atoms with E-state index in [4.69, 9.17) is 9.47 Å². The molecule has 2 aliphatic rings. The Morgan fingerprint density at radius 1 is 0.886 bits per heavy atom. The second-order valence-electron chi connectivity index (χ2n) is 10.4. The Bertz CT molecular complexity index is 1960. The lowest BCUT2D eigenvalue weighted by molar-refractivity contribution is -0.122. The molecule has 0 saturated carbocycles. The molecule has 3 amide bonds. The summed E-state index contributed by atoms with van der Waals surface area (Å²) in [5.41, 5.74) is 1.94. The summed E-state index contributed by atoms with van der Waals surface area (Å²) < 4.78 is 11.0. The van der Waals surface area contributed by atoms with Crippen molar-refractivity contribution >= 4 is 63.0 Å². The summed E-state index contributed by atoms with van der Waals surface area (Å²) in [7, 11) is 1.55. The highest BCUT2D eigenvalue weighted by atomic mass is 32.2. The fourth-order valence-electron chi connectivity index (χ4n) is 5.80. The molecule has 5 aromatic rings. The number of anilines is 2. The van der Waals surface area contributed by atoms with E-state index in [2.05, 4.69) is 10.3 Å². The molecule has 220 valence electrons. The number of rotatable bonds is 7. The number of hydrogen-bond donors (Lipinski definition) is 2. The summed E-state index contributed by atoms with van der Waals surface area (Å²) >= 11 is 2.28. The number of aromatic nitrogens is 1. The largest absolute Gasteiger partial charge is 0.497 e. The zero-order valence-electron chi connectivity index (χ0n) is 23.3. The molecule has 1 saturated heterocycles. The third-order valence-corrected chi connectivity index (χ3v) is 10.2. The molecule has 11 heteroatoms. The molecular weight excluding hydrogens is 599 g/mol. The average molecular weight is 624 g/mol. The standard InChI is InChI=1S/C33H25N3O6S2/c1-41-21-15-11-20(12-16-21)36-31(38)27-26(28-30(35-33(40)44-28)43-29(27)32(36)39)19-9-13-22(14-10-19)42-17-25(37)34-24-8-4-6-18-5-2-3-7-23(18)24/h2-16,26-27,29H,17H2,1H3,(H,34,37)(H,35,40). The molecule has 0 bridgehead atoms. The van der Waals surface area contributed by atoms with Crippen molar-refractivity contribution in [2.75, 3.05) is 23.9 Å². The number of ether oxygens (including phenoxy) is 2. The second-order valence-corrected chi connectivity index (χ2v) is 12.6. The zero-order valence-corrected chi connectivity index (χ0v) is 24.9. The van der Waals surface area contributed by atoms with Crippen molar-refractivity contribution in [3.8, 4) is 11.5 Å². The number of amides is 3. The van der Waals surface area contributed by atoms with Gasteiger partial charge in [0.1, 0.15) is 16.7 Å². The maximum atomic E-state index is 13.9. The van der Waals surface area contributed by atoms with E-state index in [0.717, 1.165) is 32.5 Å². The van der Waals surface area contributed by atoms with E-state index in [0.29, 0.717) is 27.9 Å². The minimum absolute atomic E-state index is 0.194. The number of imide groups is 1. The van der Waals surface area contributed by atoms with E-state index in [1.807, 2.05) is 54.6 Å². The predicted octanol–water partition coefficient (Wildman–Crippen LogP) is 5.41. The number of benzene rings is 4. The molecule has 0 radical (unpaired) electrons. The van der Waals surface area contributed by atoms with Gasteiger partial charge in [-0.1, -0.05) is 71.6 Å². The van der Waals surface area contributed by atoms with Crippen molar-refractivity contribution in [3.05, 3.63) is 111 Å². The van der Waals surface area contributed by atoms with Gasteiger partial charge in [0.05, 0.1) is 23.7 Å². The first-order chi connectivity index (χ1) is 21.4. The lowest BCUT2D eigenvalue weighted by Crippen LogP contribution is -2.32. The number of nitrogens with one attached hydrogen (secondary N) is 2. The van der Waals surface area contributed by atoms with Crippen LogP contribution in [-0.2, 0) is 14.4 Å². The molecule has 4 aromatic carbocycles. The SMILES string of the molecule is COc1ccc(N2C(=O)C3Sc4[nH]c(=O)sc4C(c4ccc(OCC(=O)Nc5cccc6ccccc56)cc4)C3C2=O)cc1. The van der Waals surface area contributed by atoms with Crippen LogP contribution in [0.5, 0.6) is 11.5 Å². The number of nitrogens with zero attached hydrogens (tertiary/aromatic N) is 1. The van der Waals surface area contributed by atoms with Gasteiger partial charge in [-0.2, -0.15) is 0 Å². The molecule has 2 aliphatic heterocycles. The summed E-state index contributed by atoms with van der Waals surface area (Å²) in [5.74, 6) is -1.07. The molecule has 2 N–H and O–H groups in total. The molecule has 3 heterocycles. The lowest BCUT2D eigenvalue weighted by atomic mass is 9.83. The summed E-state index contributed by atoms with van der Waals surface area (Å²) in [4.78, 5) is 57.1. The predicted molar refractivity (Wildman–Crippen MR) is 170 cm³/mol. The summed E-state index contributed by atoms with van der Waals surface area (Å²) in [6.45, 7) is -0.194. The highest BCUT2D eigenvalue weighted by Gasteiger charge is 2.56. The molecule has 0 aliphatic carbocycles. The maximum Gasteiger partial charge on any atom is 0.305 e. The lowest BCUT2D eigenvalue weighted by Gasteiger charge is -2.29. The summed E-state index contributed by atoms with van der Waals surface area (Å²) in [5, 5.41) is 4.79. The fourth-order valence-corrected chi connectivity index (χ4v) is 8.32. The quantitative estimate of drug-likeness (QED) is 0.233. The van der Waals surface area contributed by atoms with Crippen LogP contribution in [0.3, 0.4) is 0 Å². The average Bonchev–Trinajstić information content (AvgIpc) is 3.54. The van der Waals surface area contributed by atoms with Crippen molar-refractivity contribution in [2.24, 2.45) is 5.92 Å². The smallest absolute Gasteiger partial charge is 0.305 e. The Kier molecular flexibility index (Phi) is 7.19. The normalized spacial score (nSPS) is 19.0. The minimum atomic E-state index is -0.702. The Labute approximate surface area is 259 Å². The Hall–Kier alpha value is -4.87. The number of aromatic amines is 1. The van der Waals surface area contributed by atoms with Crippen LogP contribution < -0.4 is 24.6 Å². The highest BCUT2D eigenvalue weighted by molar-refractivity contribution is 8.00. The van der Waals surface area contributed by atoms with Crippen molar-refractivity contribution < 1.29 is 23.9 Å². The van der Waals surface area contributed by atoms with E-state index < -0.39 is 17.1 Å². The number of carbonyl (C=O) groups is 3. The Morgan fingerprint density at radius 2 is 1.61 bits per heavy atom. The van der Waals surface area contributed by atoms with Crippen LogP contribution in [0.25, 0.3) is 10.8 Å². The van der Waals surface area contributed by atoms with Gasteiger partial charge in [-0.25, -0.2) is 4.90 Å². The third-order valence-electron chi connectivity index (χ3n) is 7.83. The third kappa shape index (κ3) is 4.93. The van der Waals surface area contributed by atoms with Gasteiger partial charge in [0, 0.05) is 21.9 Å². The van der Waals surface area contributed by atoms with E-state index >= 15 is 0 Å². The monoisotopic (exact) mass is 623 g/mol. The first-order valence-electron chi connectivity index (χ1n) is 13.8. The van der Waals surface area contributed by atoms with Gasteiger partial charge in [-0.05, 0) is 53.4 Å². The van der Waals surface area contributed by atoms with Gasteiger partial charge in [0.2, 0.25) is 11.8 Å². The molecule has 3 atom stereocenters. The number of hydrogen-bond acceptors (Lipinski definition) is 8.